The summed E-state index contributed by atoms with van der Waals surface area (Å²) in [6.07, 6.45) is -3.82. The molecule has 1 aromatic carbocycles. The van der Waals surface area contributed by atoms with Crippen molar-refractivity contribution < 1.29 is 30.0 Å². The van der Waals surface area contributed by atoms with Gasteiger partial charge in [-0.1, -0.05) is 30.3 Å². The second-order valence-corrected chi connectivity index (χ2v) is 5.09. The first-order valence-corrected chi connectivity index (χ1v) is 6.26. The van der Waals surface area contributed by atoms with Gasteiger partial charge in [0.2, 0.25) is 0 Å². The van der Waals surface area contributed by atoms with Crippen LogP contribution in [-0.2, 0) is 16.0 Å². The molecule has 1 saturated carbocycles. The van der Waals surface area contributed by atoms with E-state index < -0.39 is 41.9 Å². The third-order valence-corrected chi connectivity index (χ3v) is 3.75. The number of hydrogen-bond acceptors (Lipinski definition) is 5. The lowest BCUT2D eigenvalue weighted by atomic mass is 9.69. The molecule has 0 heterocycles. The summed E-state index contributed by atoms with van der Waals surface area (Å²) in [5, 5.41) is 38.5. The van der Waals surface area contributed by atoms with Crippen LogP contribution >= 0.6 is 0 Å². The van der Waals surface area contributed by atoms with Crippen molar-refractivity contribution in [3.8, 4) is 0 Å². The molecular weight excluding hydrogens is 264 g/mol. The van der Waals surface area contributed by atoms with Crippen LogP contribution in [-0.4, -0.2) is 50.0 Å². The summed E-state index contributed by atoms with van der Waals surface area (Å²) in [4.78, 5) is 23.3. The Morgan fingerprint density at radius 1 is 1.25 bits per heavy atom. The number of aliphatic hydroxyl groups is 3. The first-order valence-electron chi connectivity index (χ1n) is 6.26. The van der Waals surface area contributed by atoms with Crippen LogP contribution in [0.25, 0.3) is 0 Å². The second-order valence-electron chi connectivity index (χ2n) is 5.09. The molecule has 1 aliphatic carbocycles. The molecule has 0 spiro atoms. The standard InChI is InChI=1S/C14H16O6/c15-10-7-14(20,13(18)19)9(11(16)12(10)17)6-8-4-2-1-3-5-8/h1-5,9-10,12,15,17,20H,6-7H2,(H,18,19)/t9-,10?,12-,14+/m0/s1. The number of hydrogen-bond donors (Lipinski definition) is 4. The van der Waals surface area contributed by atoms with Gasteiger partial charge >= 0.3 is 5.97 Å². The van der Waals surface area contributed by atoms with Crippen LogP contribution < -0.4 is 0 Å². The Hall–Kier alpha value is -1.76. The molecule has 0 aliphatic heterocycles. The Bertz CT molecular complexity index is 514. The van der Waals surface area contributed by atoms with E-state index in [1.807, 2.05) is 0 Å². The largest absolute Gasteiger partial charge is 0.479 e. The fourth-order valence-corrected chi connectivity index (χ4v) is 2.56. The van der Waals surface area contributed by atoms with E-state index in [-0.39, 0.29) is 6.42 Å². The molecule has 1 fully saturated rings. The molecule has 0 radical (unpaired) electrons. The lowest BCUT2D eigenvalue weighted by molar-refractivity contribution is -0.187. The van der Waals surface area contributed by atoms with E-state index in [1.165, 1.54) is 0 Å². The quantitative estimate of drug-likeness (QED) is 0.585. The predicted octanol–water partition coefficient (Wildman–Crippen LogP) is -0.644. The summed E-state index contributed by atoms with van der Waals surface area (Å²) in [5.74, 6) is -3.71. The number of carboxylic acid groups (broad SMARTS) is 1. The topological polar surface area (TPSA) is 115 Å². The van der Waals surface area contributed by atoms with Gasteiger partial charge in [-0.15, -0.1) is 0 Å². The van der Waals surface area contributed by atoms with Crippen LogP contribution in [0.3, 0.4) is 0 Å². The van der Waals surface area contributed by atoms with Crippen LogP contribution in [0, 0.1) is 5.92 Å². The van der Waals surface area contributed by atoms with Crippen molar-refractivity contribution in [1.29, 1.82) is 0 Å². The fourth-order valence-electron chi connectivity index (χ4n) is 2.56. The van der Waals surface area contributed by atoms with Gasteiger partial charge in [0, 0.05) is 6.42 Å². The highest BCUT2D eigenvalue weighted by atomic mass is 16.4. The number of benzene rings is 1. The Labute approximate surface area is 115 Å². The third kappa shape index (κ3) is 2.45. The number of carbonyl (C=O) groups is 2. The normalized spacial score (nSPS) is 34.0. The van der Waals surface area contributed by atoms with Gasteiger partial charge in [-0.3, -0.25) is 4.79 Å². The Kier molecular flexibility index (Phi) is 3.89. The van der Waals surface area contributed by atoms with Crippen LogP contribution in [0.5, 0.6) is 0 Å². The van der Waals surface area contributed by atoms with Crippen molar-refractivity contribution in [3.05, 3.63) is 35.9 Å². The number of carbonyl (C=O) groups excluding carboxylic acids is 1. The lowest BCUT2D eigenvalue weighted by Crippen LogP contribution is -2.61. The Balaban J connectivity index is 2.34. The summed E-state index contributed by atoms with van der Waals surface area (Å²) in [7, 11) is 0. The molecule has 0 bridgehead atoms. The molecule has 4 N–H and O–H groups in total. The molecule has 20 heavy (non-hydrogen) atoms. The zero-order valence-electron chi connectivity index (χ0n) is 10.6. The van der Waals surface area contributed by atoms with Crippen LogP contribution in [0.2, 0.25) is 0 Å². The maximum Gasteiger partial charge on any atom is 0.336 e. The minimum absolute atomic E-state index is 0.00769. The van der Waals surface area contributed by atoms with Gasteiger partial charge in [0.05, 0.1) is 12.0 Å². The van der Waals surface area contributed by atoms with Crippen LogP contribution in [0.4, 0.5) is 0 Å². The zero-order chi connectivity index (χ0) is 14.9. The Morgan fingerprint density at radius 2 is 1.85 bits per heavy atom. The van der Waals surface area contributed by atoms with Gasteiger partial charge in [0.25, 0.3) is 0 Å². The molecular formula is C14H16O6. The summed E-state index contributed by atoms with van der Waals surface area (Å²) in [5.41, 5.74) is -1.69. The molecule has 4 atom stereocenters. The number of rotatable bonds is 3. The van der Waals surface area contributed by atoms with Crippen molar-refractivity contribution in [2.75, 3.05) is 0 Å². The lowest BCUT2D eigenvalue weighted by Gasteiger charge is -2.39. The van der Waals surface area contributed by atoms with E-state index in [9.17, 15) is 30.0 Å². The SMILES string of the molecule is O=C1[C@@H](O)C(O)C[C@](O)(C(=O)O)[C@H]1Cc1ccccc1. The summed E-state index contributed by atoms with van der Waals surface area (Å²) < 4.78 is 0. The zero-order valence-corrected chi connectivity index (χ0v) is 10.6. The van der Waals surface area contributed by atoms with Gasteiger partial charge in [-0.2, -0.15) is 0 Å². The van der Waals surface area contributed by atoms with E-state index in [4.69, 9.17) is 0 Å². The van der Waals surface area contributed by atoms with Crippen molar-refractivity contribution in [2.45, 2.75) is 30.7 Å². The highest BCUT2D eigenvalue weighted by Gasteiger charge is 2.55. The van der Waals surface area contributed by atoms with Crippen LogP contribution in [0.15, 0.2) is 30.3 Å². The Morgan fingerprint density at radius 3 is 2.40 bits per heavy atom. The van der Waals surface area contributed by atoms with Crippen molar-refractivity contribution >= 4 is 11.8 Å². The highest BCUT2D eigenvalue weighted by Crippen LogP contribution is 2.34. The second kappa shape index (κ2) is 5.32. The van der Waals surface area contributed by atoms with E-state index in [2.05, 4.69) is 0 Å². The molecule has 0 aromatic heterocycles. The van der Waals surface area contributed by atoms with E-state index in [0.717, 1.165) is 0 Å². The number of aliphatic carboxylic acids is 1. The fraction of sp³-hybridized carbons (Fsp3) is 0.429. The molecule has 1 aromatic rings. The molecule has 0 amide bonds. The summed E-state index contributed by atoms with van der Waals surface area (Å²) in [6, 6.07) is 8.63. The van der Waals surface area contributed by atoms with Gasteiger partial charge in [0.15, 0.2) is 11.4 Å². The average Bonchev–Trinajstić information content (AvgIpc) is 2.42. The minimum Gasteiger partial charge on any atom is -0.479 e. The van der Waals surface area contributed by atoms with E-state index in [0.29, 0.717) is 5.56 Å². The average molecular weight is 280 g/mol. The monoisotopic (exact) mass is 280 g/mol. The maximum absolute atomic E-state index is 12.0. The minimum atomic E-state index is -2.37. The maximum atomic E-state index is 12.0. The van der Waals surface area contributed by atoms with Gasteiger partial charge in [-0.25, -0.2) is 4.79 Å². The van der Waals surface area contributed by atoms with E-state index >= 15 is 0 Å². The first kappa shape index (κ1) is 14.6. The number of aliphatic hydroxyl groups excluding tert-OH is 2. The summed E-state index contributed by atoms with van der Waals surface area (Å²) in [6.45, 7) is 0. The van der Waals surface area contributed by atoms with Crippen molar-refractivity contribution in [1.82, 2.24) is 0 Å². The molecule has 6 nitrogen and oxygen atoms in total. The number of Topliss-reactive ketones (excluding diaryl/α,β-unsaturated/α-hetero) is 1. The first-order chi connectivity index (χ1) is 9.36. The molecule has 1 unspecified atom stereocenters. The smallest absolute Gasteiger partial charge is 0.336 e. The summed E-state index contributed by atoms with van der Waals surface area (Å²) >= 11 is 0. The molecule has 1 aliphatic rings. The predicted molar refractivity (Wildman–Crippen MR) is 67.9 cm³/mol. The van der Waals surface area contributed by atoms with E-state index in [1.54, 1.807) is 30.3 Å². The molecule has 6 heteroatoms. The molecule has 108 valence electrons. The number of carboxylic acids is 1. The van der Waals surface area contributed by atoms with Gasteiger partial charge in [0.1, 0.15) is 6.10 Å². The van der Waals surface area contributed by atoms with Gasteiger partial charge < -0.3 is 20.4 Å². The molecule has 0 saturated heterocycles. The van der Waals surface area contributed by atoms with Crippen LogP contribution in [0.1, 0.15) is 12.0 Å². The van der Waals surface area contributed by atoms with Crippen molar-refractivity contribution in [2.24, 2.45) is 5.92 Å². The van der Waals surface area contributed by atoms with Gasteiger partial charge in [-0.05, 0) is 12.0 Å². The number of ketones is 1. The highest BCUT2D eigenvalue weighted by molar-refractivity contribution is 5.94. The third-order valence-electron chi connectivity index (χ3n) is 3.75. The molecule has 2 rings (SSSR count). The van der Waals surface area contributed by atoms with Crippen molar-refractivity contribution in [3.63, 3.8) is 0 Å².